The molecule has 1 fully saturated rings. The maximum Gasteiger partial charge on any atom is 0.242 e. The fourth-order valence-corrected chi connectivity index (χ4v) is 2.82. The second-order valence-electron chi connectivity index (χ2n) is 6.09. The topological polar surface area (TPSA) is 90.5 Å². The first-order valence-corrected chi connectivity index (χ1v) is 8.61. The van der Waals surface area contributed by atoms with Crippen LogP contribution in [0.25, 0.3) is 0 Å². The van der Waals surface area contributed by atoms with Crippen molar-refractivity contribution in [2.45, 2.75) is 26.3 Å². The summed E-state index contributed by atoms with van der Waals surface area (Å²) < 4.78 is 0. The van der Waals surface area contributed by atoms with E-state index >= 15 is 0 Å². The molecule has 3 amide bonds. The maximum atomic E-state index is 12.5. The lowest BCUT2D eigenvalue weighted by Crippen LogP contribution is -2.51. The molecule has 0 spiro atoms. The molecule has 1 unspecified atom stereocenters. The summed E-state index contributed by atoms with van der Waals surface area (Å²) in [7, 11) is 0. The summed E-state index contributed by atoms with van der Waals surface area (Å²) in [5.41, 5.74) is 2.35. The quantitative estimate of drug-likeness (QED) is 0.675. The van der Waals surface area contributed by atoms with Gasteiger partial charge in [-0.3, -0.25) is 14.4 Å². The molecule has 1 aliphatic heterocycles. The predicted molar refractivity (Wildman–Crippen MR) is 94.8 cm³/mol. The molecular weight excluding hydrogens is 320 g/mol. The lowest BCUT2D eigenvalue weighted by Gasteiger charge is -2.36. The minimum Gasteiger partial charge on any atom is -0.347 e. The molecular formula is C18H26N4O3. The molecule has 1 aromatic carbocycles. The van der Waals surface area contributed by atoms with E-state index in [2.05, 4.69) is 47.1 Å². The molecule has 1 aliphatic rings. The third-order valence-electron chi connectivity index (χ3n) is 4.27. The lowest BCUT2D eigenvalue weighted by molar-refractivity contribution is -0.135. The average molecular weight is 346 g/mol. The third kappa shape index (κ3) is 5.56. The number of nitrogens with one attached hydrogen (secondary N) is 3. The van der Waals surface area contributed by atoms with Gasteiger partial charge in [0, 0.05) is 26.6 Å². The van der Waals surface area contributed by atoms with Crippen LogP contribution in [0.3, 0.4) is 0 Å². The highest BCUT2D eigenvalue weighted by Gasteiger charge is 2.27. The number of aryl methyl sites for hydroxylation is 1. The molecule has 3 N–H and O–H groups in total. The molecule has 2 rings (SSSR count). The van der Waals surface area contributed by atoms with Gasteiger partial charge in [-0.25, -0.2) is 0 Å². The van der Waals surface area contributed by atoms with Crippen LogP contribution >= 0.6 is 0 Å². The number of carbonyl (C=O) groups excluding carboxylic acids is 3. The molecule has 0 radical (unpaired) electrons. The van der Waals surface area contributed by atoms with E-state index in [1.807, 2.05) is 0 Å². The molecule has 0 bridgehead atoms. The van der Waals surface area contributed by atoms with Crippen molar-refractivity contribution < 1.29 is 14.4 Å². The van der Waals surface area contributed by atoms with Gasteiger partial charge in [-0.2, -0.15) is 0 Å². The Kier molecular flexibility index (Phi) is 6.94. The van der Waals surface area contributed by atoms with Gasteiger partial charge in [0.2, 0.25) is 17.7 Å². The summed E-state index contributed by atoms with van der Waals surface area (Å²) >= 11 is 0. The van der Waals surface area contributed by atoms with Gasteiger partial charge in [-0.15, -0.1) is 0 Å². The largest absolute Gasteiger partial charge is 0.347 e. The van der Waals surface area contributed by atoms with Crippen LogP contribution in [-0.2, 0) is 20.8 Å². The number of hydrogen-bond acceptors (Lipinski definition) is 4. The molecule has 1 atom stereocenters. The normalized spacial score (nSPS) is 17.0. The number of benzene rings is 1. The van der Waals surface area contributed by atoms with Gasteiger partial charge < -0.3 is 20.9 Å². The van der Waals surface area contributed by atoms with Crippen LogP contribution in [0.5, 0.6) is 0 Å². The molecule has 7 nitrogen and oxygen atoms in total. The molecule has 1 heterocycles. The van der Waals surface area contributed by atoms with Crippen molar-refractivity contribution in [3.05, 3.63) is 35.4 Å². The summed E-state index contributed by atoms with van der Waals surface area (Å²) in [4.78, 5) is 36.8. The van der Waals surface area contributed by atoms with Gasteiger partial charge in [0.15, 0.2) is 0 Å². The molecule has 0 aliphatic carbocycles. The van der Waals surface area contributed by atoms with Crippen molar-refractivity contribution in [1.29, 1.82) is 0 Å². The Labute approximate surface area is 148 Å². The third-order valence-corrected chi connectivity index (χ3v) is 4.27. The average Bonchev–Trinajstić information content (AvgIpc) is 2.64. The highest BCUT2D eigenvalue weighted by molar-refractivity contribution is 5.88. The smallest absolute Gasteiger partial charge is 0.242 e. The van der Waals surface area contributed by atoms with E-state index in [1.165, 1.54) is 12.5 Å². The van der Waals surface area contributed by atoms with E-state index in [9.17, 15) is 14.4 Å². The summed E-state index contributed by atoms with van der Waals surface area (Å²) in [6, 6.07) is 8.25. The standard InChI is InChI=1S/C18H26N4O3/c1-3-14-4-6-15(7-5-14)16-10-19-8-9-22(16)18(25)12-21-17(24)11-20-13(2)23/h4-7,16,19H,3,8-12H2,1-2H3,(H,20,23)(H,21,24). The minimum absolute atomic E-state index is 0.0422. The number of amides is 3. The van der Waals surface area contributed by atoms with Crippen LogP contribution in [-0.4, -0.2) is 55.3 Å². The second-order valence-corrected chi connectivity index (χ2v) is 6.09. The van der Waals surface area contributed by atoms with Crippen molar-refractivity contribution in [2.75, 3.05) is 32.7 Å². The number of hydrogen-bond donors (Lipinski definition) is 3. The molecule has 1 aromatic rings. The highest BCUT2D eigenvalue weighted by Crippen LogP contribution is 2.22. The van der Waals surface area contributed by atoms with Gasteiger partial charge in [0.1, 0.15) is 0 Å². The Hall–Kier alpha value is -2.41. The Bertz CT molecular complexity index is 615. The van der Waals surface area contributed by atoms with E-state index in [0.717, 1.165) is 18.5 Å². The molecule has 0 aromatic heterocycles. The molecule has 136 valence electrons. The van der Waals surface area contributed by atoms with Crippen molar-refractivity contribution in [1.82, 2.24) is 20.9 Å². The van der Waals surface area contributed by atoms with E-state index in [-0.39, 0.29) is 36.9 Å². The van der Waals surface area contributed by atoms with Crippen LogP contribution in [0.2, 0.25) is 0 Å². The van der Waals surface area contributed by atoms with Crippen molar-refractivity contribution in [3.8, 4) is 0 Å². The van der Waals surface area contributed by atoms with Crippen molar-refractivity contribution >= 4 is 17.7 Å². The first kappa shape index (κ1) is 18.9. The Morgan fingerprint density at radius 3 is 2.52 bits per heavy atom. The van der Waals surface area contributed by atoms with Gasteiger partial charge >= 0.3 is 0 Å². The summed E-state index contributed by atoms with van der Waals surface area (Å²) in [5, 5.41) is 8.28. The molecule has 0 saturated carbocycles. The van der Waals surface area contributed by atoms with Crippen LogP contribution in [0.1, 0.15) is 31.0 Å². The van der Waals surface area contributed by atoms with Crippen LogP contribution in [0.15, 0.2) is 24.3 Å². The summed E-state index contributed by atoms with van der Waals surface area (Å²) in [6.07, 6.45) is 0.978. The number of nitrogens with zero attached hydrogens (tertiary/aromatic N) is 1. The minimum atomic E-state index is -0.373. The number of carbonyl (C=O) groups is 3. The van der Waals surface area contributed by atoms with Crippen LogP contribution in [0, 0.1) is 0 Å². The first-order valence-electron chi connectivity index (χ1n) is 8.61. The fourth-order valence-electron chi connectivity index (χ4n) is 2.82. The summed E-state index contributed by atoms with van der Waals surface area (Å²) in [6.45, 7) is 5.28. The Morgan fingerprint density at radius 1 is 1.16 bits per heavy atom. The van der Waals surface area contributed by atoms with E-state index in [1.54, 1.807) is 4.90 Å². The molecule has 25 heavy (non-hydrogen) atoms. The first-order chi connectivity index (χ1) is 12.0. The fraction of sp³-hybridized carbons (Fsp3) is 0.500. The van der Waals surface area contributed by atoms with Crippen LogP contribution < -0.4 is 16.0 Å². The van der Waals surface area contributed by atoms with Crippen LogP contribution in [0.4, 0.5) is 0 Å². The van der Waals surface area contributed by atoms with Gasteiger partial charge in [-0.1, -0.05) is 31.2 Å². The zero-order valence-corrected chi connectivity index (χ0v) is 14.8. The zero-order valence-electron chi connectivity index (χ0n) is 14.8. The van der Waals surface area contributed by atoms with E-state index < -0.39 is 0 Å². The second kappa shape index (κ2) is 9.17. The highest BCUT2D eigenvalue weighted by atomic mass is 16.2. The van der Waals surface area contributed by atoms with Gasteiger partial charge in [0.05, 0.1) is 19.1 Å². The lowest BCUT2D eigenvalue weighted by atomic mass is 10.0. The van der Waals surface area contributed by atoms with E-state index in [4.69, 9.17) is 0 Å². The zero-order chi connectivity index (χ0) is 18.2. The number of piperazine rings is 1. The molecule has 7 heteroatoms. The van der Waals surface area contributed by atoms with E-state index in [0.29, 0.717) is 13.1 Å². The molecule has 1 saturated heterocycles. The summed E-state index contributed by atoms with van der Waals surface area (Å²) in [5.74, 6) is -0.774. The van der Waals surface area contributed by atoms with Crippen molar-refractivity contribution in [2.24, 2.45) is 0 Å². The number of rotatable bonds is 6. The Balaban J connectivity index is 1.95. The van der Waals surface area contributed by atoms with Gasteiger partial charge in [-0.05, 0) is 17.5 Å². The van der Waals surface area contributed by atoms with Crippen molar-refractivity contribution in [3.63, 3.8) is 0 Å². The Morgan fingerprint density at radius 2 is 1.88 bits per heavy atom. The predicted octanol–water partition coefficient (Wildman–Crippen LogP) is -0.0258. The SMILES string of the molecule is CCc1ccc(C2CNCCN2C(=O)CNC(=O)CNC(C)=O)cc1. The van der Waals surface area contributed by atoms with Gasteiger partial charge in [0.25, 0.3) is 0 Å². The monoisotopic (exact) mass is 346 g/mol. The maximum absolute atomic E-state index is 12.5.